The summed E-state index contributed by atoms with van der Waals surface area (Å²) in [5, 5.41) is 3.64. The van der Waals surface area contributed by atoms with Gasteiger partial charge < -0.3 is 10.1 Å². The van der Waals surface area contributed by atoms with E-state index in [4.69, 9.17) is 16.3 Å². The van der Waals surface area contributed by atoms with Crippen LogP contribution in [-0.2, 0) is 10.0 Å². The monoisotopic (exact) mass is 382 g/mol. The first-order valence-corrected chi connectivity index (χ1v) is 10.0. The van der Waals surface area contributed by atoms with E-state index in [-0.39, 0.29) is 10.6 Å². The SMILES string of the molecule is CCCCCNc1ccc(NS(=O)(=O)c2cc(Cl)ccc2OC)cc1. The third-order valence-corrected chi connectivity index (χ3v) is 5.30. The molecule has 0 aliphatic carbocycles. The zero-order valence-corrected chi connectivity index (χ0v) is 16.0. The molecule has 136 valence electrons. The molecule has 0 aliphatic heterocycles. The molecule has 0 aliphatic rings. The molecule has 7 heteroatoms. The summed E-state index contributed by atoms with van der Waals surface area (Å²) in [7, 11) is -2.38. The highest BCUT2D eigenvalue weighted by molar-refractivity contribution is 7.92. The molecule has 0 aromatic heterocycles. The number of hydrogen-bond acceptors (Lipinski definition) is 4. The van der Waals surface area contributed by atoms with Gasteiger partial charge in [0.1, 0.15) is 10.6 Å². The third-order valence-electron chi connectivity index (χ3n) is 3.66. The van der Waals surface area contributed by atoms with E-state index in [1.165, 1.54) is 32.1 Å². The van der Waals surface area contributed by atoms with Crippen LogP contribution in [0.15, 0.2) is 47.4 Å². The van der Waals surface area contributed by atoms with E-state index in [2.05, 4.69) is 17.0 Å². The fourth-order valence-corrected chi connectivity index (χ4v) is 3.83. The van der Waals surface area contributed by atoms with Gasteiger partial charge in [-0.1, -0.05) is 31.4 Å². The minimum Gasteiger partial charge on any atom is -0.495 e. The molecule has 0 saturated carbocycles. The smallest absolute Gasteiger partial charge is 0.265 e. The molecule has 0 spiro atoms. The fourth-order valence-electron chi connectivity index (χ4n) is 2.33. The van der Waals surface area contributed by atoms with Crippen LogP contribution in [0, 0.1) is 0 Å². The zero-order valence-electron chi connectivity index (χ0n) is 14.4. The summed E-state index contributed by atoms with van der Waals surface area (Å²) in [6, 6.07) is 11.6. The fraction of sp³-hybridized carbons (Fsp3) is 0.333. The van der Waals surface area contributed by atoms with Crippen LogP contribution in [0.3, 0.4) is 0 Å². The highest BCUT2D eigenvalue weighted by Crippen LogP contribution is 2.29. The number of hydrogen-bond donors (Lipinski definition) is 2. The summed E-state index contributed by atoms with van der Waals surface area (Å²) in [4.78, 5) is 0.00395. The van der Waals surface area contributed by atoms with Gasteiger partial charge in [0.2, 0.25) is 0 Å². The van der Waals surface area contributed by atoms with Crippen molar-refractivity contribution in [2.75, 3.05) is 23.7 Å². The van der Waals surface area contributed by atoms with Crippen LogP contribution in [-0.4, -0.2) is 22.1 Å². The number of unbranched alkanes of at least 4 members (excludes halogenated alkanes) is 2. The number of ether oxygens (including phenoxy) is 1. The molecule has 0 saturated heterocycles. The van der Waals surface area contributed by atoms with Crippen molar-refractivity contribution < 1.29 is 13.2 Å². The molecule has 2 aromatic rings. The number of benzene rings is 2. The zero-order chi connectivity index (χ0) is 18.3. The average molecular weight is 383 g/mol. The Bertz CT molecular complexity index is 792. The molecule has 2 aromatic carbocycles. The molecule has 25 heavy (non-hydrogen) atoms. The summed E-state index contributed by atoms with van der Waals surface area (Å²) in [6.07, 6.45) is 3.47. The molecule has 0 heterocycles. The first-order chi connectivity index (χ1) is 12.0. The maximum atomic E-state index is 12.6. The van der Waals surface area contributed by atoms with Crippen LogP contribution in [0.2, 0.25) is 5.02 Å². The van der Waals surface area contributed by atoms with Crippen molar-refractivity contribution in [2.45, 2.75) is 31.1 Å². The molecule has 0 bridgehead atoms. The Kier molecular flexibility index (Phi) is 6.96. The van der Waals surface area contributed by atoms with E-state index in [0.29, 0.717) is 10.7 Å². The standard InChI is InChI=1S/C18H23ClN2O3S/c1-3-4-5-12-20-15-7-9-16(10-8-15)21-25(22,23)18-13-14(19)6-11-17(18)24-2/h6-11,13,20-21H,3-5,12H2,1-2H3. The lowest BCUT2D eigenvalue weighted by molar-refractivity contribution is 0.403. The second kappa shape index (κ2) is 8.97. The summed E-state index contributed by atoms with van der Waals surface area (Å²) >= 11 is 5.92. The van der Waals surface area contributed by atoms with Crippen molar-refractivity contribution in [2.24, 2.45) is 0 Å². The maximum Gasteiger partial charge on any atom is 0.265 e. The molecule has 0 atom stereocenters. The van der Waals surface area contributed by atoms with Crippen LogP contribution >= 0.6 is 11.6 Å². The highest BCUT2D eigenvalue weighted by Gasteiger charge is 2.20. The van der Waals surface area contributed by atoms with Gasteiger partial charge in [0.05, 0.1) is 7.11 Å². The van der Waals surface area contributed by atoms with Crippen LogP contribution in [0.4, 0.5) is 11.4 Å². The Labute approximate surface area is 154 Å². The molecule has 2 rings (SSSR count). The minimum atomic E-state index is -3.80. The second-order valence-corrected chi connectivity index (χ2v) is 7.70. The van der Waals surface area contributed by atoms with E-state index >= 15 is 0 Å². The van der Waals surface area contributed by atoms with Crippen molar-refractivity contribution in [3.8, 4) is 5.75 Å². The minimum absolute atomic E-state index is 0.00395. The van der Waals surface area contributed by atoms with Crippen molar-refractivity contribution in [1.29, 1.82) is 0 Å². The van der Waals surface area contributed by atoms with Crippen LogP contribution in [0.1, 0.15) is 26.2 Å². The molecular formula is C18H23ClN2O3S. The number of rotatable bonds is 9. The molecule has 0 unspecified atom stereocenters. The van der Waals surface area contributed by atoms with Crippen LogP contribution < -0.4 is 14.8 Å². The summed E-state index contributed by atoms with van der Waals surface area (Å²) < 4.78 is 32.9. The average Bonchev–Trinajstić information content (AvgIpc) is 2.60. The predicted octanol–water partition coefficient (Wildman–Crippen LogP) is 4.75. The third kappa shape index (κ3) is 5.54. The van der Waals surface area contributed by atoms with E-state index in [1.807, 2.05) is 12.1 Å². The maximum absolute atomic E-state index is 12.6. The van der Waals surface area contributed by atoms with E-state index in [9.17, 15) is 8.42 Å². The van der Waals surface area contributed by atoms with Gasteiger partial charge in [-0.05, 0) is 48.9 Å². The molecular weight excluding hydrogens is 360 g/mol. The number of nitrogens with one attached hydrogen (secondary N) is 2. The van der Waals surface area contributed by atoms with Gasteiger partial charge in [-0.2, -0.15) is 0 Å². The van der Waals surface area contributed by atoms with E-state index in [1.54, 1.807) is 18.2 Å². The molecule has 0 amide bonds. The second-order valence-electron chi connectivity index (χ2n) is 5.61. The van der Waals surface area contributed by atoms with Crippen molar-refractivity contribution in [3.05, 3.63) is 47.5 Å². The Morgan fingerprint density at radius 2 is 1.72 bits per heavy atom. The van der Waals surface area contributed by atoms with Gasteiger partial charge in [-0.15, -0.1) is 0 Å². The lowest BCUT2D eigenvalue weighted by Crippen LogP contribution is -2.14. The number of sulfonamides is 1. The number of methoxy groups -OCH3 is 1. The van der Waals surface area contributed by atoms with Gasteiger partial charge in [0, 0.05) is 22.9 Å². The summed E-state index contributed by atoms with van der Waals surface area (Å²) in [6.45, 7) is 3.06. The number of halogens is 1. The molecule has 2 N–H and O–H groups in total. The van der Waals surface area contributed by atoms with E-state index in [0.717, 1.165) is 18.7 Å². The van der Waals surface area contributed by atoms with Gasteiger partial charge in [0.25, 0.3) is 10.0 Å². The van der Waals surface area contributed by atoms with Crippen LogP contribution in [0.5, 0.6) is 5.75 Å². The van der Waals surface area contributed by atoms with Crippen molar-refractivity contribution in [1.82, 2.24) is 0 Å². The summed E-state index contributed by atoms with van der Waals surface area (Å²) in [5.74, 6) is 0.242. The van der Waals surface area contributed by atoms with Crippen molar-refractivity contribution >= 4 is 33.0 Å². The van der Waals surface area contributed by atoms with Gasteiger partial charge >= 0.3 is 0 Å². The normalized spacial score (nSPS) is 11.2. The lowest BCUT2D eigenvalue weighted by atomic mass is 10.2. The Morgan fingerprint density at radius 1 is 1.04 bits per heavy atom. The lowest BCUT2D eigenvalue weighted by Gasteiger charge is -2.12. The van der Waals surface area contributed by atoms with Gasteiger partial charge in [-0.25, -0.2) is 8.42 Å². The van der Waals surface area contributed by atoms with Gasteiger partial charge in [0.15, 0.2) is 0 Å². The molecule has 5 nitrogen and oxygen atoms in total. The first-order valence-electron chi connectivity index (χ1n) is 8.16. The molecule has 0 radical (unpaired) electrons. The Hall–Kier alpha value is -1.92. The predicted molar refractivity (Wildman–Crippen MR) is 103 cm³/mol. The molecule has 0 fully saturated rings. The number of anilines is 2. The quantitative estimate of drug-likeness (QED) is 0.614. The Morgan fingerprint density at radius 3 is 2.36 bits per heavy atom. The van der Waals surface area contributed by atoms with Crippen LogP contribution in [0.25, 0.3) is 0 Å². The highest BCUT2D eigenvalue weighted by atomic mass is 35.5. The van der Waals surface area contributed by atoms with E-state index < -0.39 is 10.0 Å². The van der Waals surface area contributed by atoms with Crippen molar-refractivity contribution in [3.63, 3.8) is 0 Å². The largest absolute Gasteiger partial charge is 0.495 e. The first kappa shape index (κ1) is 19.4. The summed E-state index contributed by atoms with van der Waals surface area (Å²) in [5.41, 5.74) is 1.43. The Balaban J connectivity index is 2.09. The van der Waals surface area contributed by atoms with Gasteiger partial charge in [-0.3, -0.25) is 4.72 Å². The topological polar surface area (TPSA) is 67.4 Å².